The number of piperidine rings is 1. The Labute approximate surface area is 164 Å². The standard InChI is InChI=1S/C23H32N4/c1-8-25(6)19(5)26(7)14-20-10-9-11-21-18(4)27(15-22(20)21)23-13-12-16(2)24-17(23)3/h8-11,19,23-24H,1-4,12-15H2,5-7H3. The molecular weight excluding hydrogens is 332 g/mol. The monoisotopic (exact) mass is 364 g/mol. The van der Waals surface area contributed by atoms with Crippen LogP contribution in [0.5, 0.6) is 0 Å². The molecule has 1 aromatic carbocycles. The Kier molecular flexibility index (Phi) is 5.47. The molecule has 2 heterocycles. The highest BCUT2D eigenvalue weighted by atomic mass is 15.3. The topological polar surface area (TPSA) is 21.8 Å². The minimum atomic E-state index is 0.270. The first-order valence-electron chi connectivity index (χ1n) is 9.58. The SMILES string of the molecule is C=CN(C)C(C)N(C)Cc1cccc2c1CN(C1CCC(=C)NC1=C)C2=C. The van der Waals surface area contributed by atoms with Crippen LogP contribution in [0.3, 0.4) is 0 Å². The molecule has 3 rings (SSSR count). The summed E-state index contributed by atoms with van der Waals surface area (Å²) in [6.45, 7) is 20.5. The first-order valence-corrected chi connectivity index (χ1v) is 9.58. The van der Waals surface area contributed by atoms with Crippen molar-refractivity contribution in [1.82, 2.24) is 20.0 Å². The lowest BCUT2D eigenvalue weighted by Crippen LogP contribution is -2.40. The van der Waals surface area contributed by atoms with Gasteiger partial charge in [0.25, 0.3) is 0 Å². The molecular formula is C23H32N4. The number of benzene rings is 1. The molecule has 1 saturated heterocycles. The first-order chi connectivity index (χ1) is 12.8. The summed E-state index contributed by atoms with van der Waals surface area (Å²) in [4.78, 5) is 6.86. The minimum Gasteiger partial charge on any atom is -0.366 e. The molecule has 2 aliphatic heterocycles. The third-order valence-electron chi connectivity index (χ3n) is 6.03. The van der Waals surface area contributed by atoms with Crippen molar-refractivity contribution in [2.75, 3.05) is 14.1 Å². The summed E-state index contributed by atoms with van der Waals surface area (Å²) in [5, 5.41) is 3.34. The lowest BCUT2D eigenvalue weighted by Gasteiger charge is -2.36. The molecule has 0 amide bonds. The number of hydrogen-bond acceptors (Lipinski definition) is 4. The van der Waals surface area contributed by atoms with Crippen LogP contribution in [0.25, 0.3) is 5.70 Å². The van der Waals surface area contributed by atoms with Crippen LogP contribution in [-0.4, -0.2) is 41.0 Å². The van der Waals surface area contributed by atoms with Gasteiger partial charge in [-0.3, -0.25) is 4.90 Å². The second kappa shape index (κ2) is 7.65. The molecule has 144 valence electrons. The maximum absolute atomic E-state index is 4.40. The van der Waals surface area contributed by atoms with Gasteiger partial charge in [0, 0.05) is 42.8 Å². The first kappa shape index (κ1) is 19.3. The van der Waals surface area contributed by atoms with Gasteiger partial charge in [0.2, 0.25) is 0 Å². The van der Waals surface area contributed by atoms with Gasteiger partial charge in [-0.1, -0.05) is 44.5 Å². The second-order valence-electron chi connectivity index (χ2n) is 7.72. The lowest BCUT2D eigenvalue weighted by atomic mass is 10.0. The molecule has 0 spiro atoms. The van der Waals surface area contributed by atoms with Crippen molar-refractivity contribution >= 4 is 5.70 Å². The van der Waals surface area contributed by atoms with Crippen molar-refractivity contribution in [3.63, 3.8) is 0 Å². The van der Waals surface area contributed by atoms with Crippen molar-refractivity contribution in [3.8, 4) is 0 Å². The van der Waals surface area contributed by atoms with E-state index in [4.69, 9.17) is 0 Å². The van der Waals surface area contributed by atoms with Crippen LogP contribution in [-0.2, 0) is 13.1 Å². The Hall–Kier alpha value is -2.46. The molecule has 27 heavy (non-hydrogen) atoms. The third-order valence-corrected chi connectivity index (χ3v) is 6.03. The summed E-state index contributed by atoms with van der Waals surface area (Å²) in [6, 6.07) is 6.85. The highest BCUT2D eigenvalue weighted by Crippen LogP contribution is 2.38. The Bertz CT molecular complexity index is 779. The number of fused-ring (bicyclic) bond motifs is 1. The Morgan fingerprint density at radius 1 is 1.30 bits per heavy atom. The minimum absolute atomic E-state index is 0.270. The van der Waals surface area contributed by atoms with Gasteiger partial charge in [-0.15, -0.1) is 0 Å². The van der Waals surface area contributed by atoms with Crippen molar-refractivity contribution < 1.29 is 0 Å². The fourth-order valence-electron chi connectivity index (χ4n) is 4.02. The predicted octanol–water partition coefficient (Wildman–Crippen LogP) is 4.11. The van der Waals surface area contributed by atoms with E-state index in [2.05, 4.69) is 85.6 Å². The van der Waals surface area contributed by atoms with Crippen molar-refractivity contribution in [3.05, 3.63) is 78.8 Å². The Balaban J connectivity index is 1.80. The molecule has 1 fully saturated rings. The zero-order valence-electron chi connectivity index (χ0n) is 17.0. The van der Waals surface area contributed by atoms with Gasteiger partial charge < -0.3 is 15.1 Å². The predicted molar refractivity (Wildman–Crippen MR) is 114 cm³/mol. The van der Waals surface area contributed by atoms with Gasteiger partial charge in [0.1, 0.15) is 0 Å². The number of nitrogens with zero attached hydrogens (tertiary/aromatic N) is 3. The van der Waals surface area contributed by atoms with Gasteiger partial charge in [0.15, 0.2) is 0 Å². The Morgan fingerprint density at radius 2 is 2.04 bits per heavy atom. The third kappa shape index (κ3) is 3.67. The largest absolute Gasteiger partial charge is 0.366 e. The molecule has 1 aromatic rings. The summed E-state index contributed by atoms with van der Waals surface area (Å²) in [6.07, 6.45) is 4.17. The molecule has 4 nitrogen and oxygen atoms in total. The zero-order chi connectivity index (χ0) is 19.7. The van der Waals surface area contributed by atoms with E-state index < -0.39 is 0 Å². The van der Waals surface area contributed by atoms with E-state index in [0.717, 1.165) is 43.0 Å². The van der Waals surface area contributed by atoms with E-state index in [1.165, 1.54) is 16.7 Å². The zero-order valence-corrected chi connectivity index (χ0v) is 17.0. The summed E-state index contributed by atoms with van der Waals surface area (Å²) < 4.78 is 0. The summed E-state index contributed by atoms with van der Waals surface area (Å²) in [5.41, 5.74) is 7.21. The normalized spacial score (nSPS) is 20.5. The van der Waals surface area contributed by atoms with Crippen LogP contribution < -0.4 is 5.32 Å². The van der Waals surface area contributed by atoms with E-state index in [0.29, 0.717) is 0 Å². The van der Waals surface area contributed by atoms with Crippen molar-refractivity contribution in [2.45, 2.75) is 45.1 Å². The number of hydrogen-bond donors (Lipinski definition) is 1. The molecule has 2 unspecified atom stereocenters. The summed E-state index contributed by atoms with van der Waals surface area (Å²) in [7, 11) is 4.22. The maximum Gasteiger partial charge on any atom is 0.0783 e. The van der Waals surface area contributed by atoms with Crippen LogP contribution in [0, 0.1) is 0 Å². The average Bonchev–Trinajstić information content (AvgIpc) is 2.98. The number of allylic oxidation sites excluding steroid dienone is 1. The molecule has 0 radical (unpaired) electrons. The molecule has 0 bridgehead atoms. The highest BCUT2D eigenvalue weighted by Gasteiger charge is 2.33. The fraction of sp³-hybridized carbons (Fsp3) is 0.391. The van der Waals surface area contributed by atoms with Crippen LogP contribution in [0.2, 0.25) is 0 Å². The van der Waals surface area contributed by atoms with Gasteiger partial charge in [-0.2, -0.15) is 0 Å². The smallest absolute Gasteiger partial charge is 0.0783 e. The van der Waals surface area contributed by atoms with Crippen LogP contribution >= 0.6 is 0 Å². The second-order valence-corrected chi connectivity index (χ2v) is 7.72. The summed E-state index contributed by atoms with van der Waals surface area (Å²) >= 11 is 0. The number of rotatable bonds is 6. The molecule has 0 aliphatic carbocycles. The molecule has 2 atom stereocenters. The van der Waals surface area contributed by atoms with Gasteiger partial charge in [0.05, 0.1) is 12.2 Å². The molecule has 0 saturated carbocycles. The molecule has 2 aliphatic rings. The lowest BCUT2D eigenvalue weighted by molar-refractivity contribution is 0.130. The number of nitrogens with one attached hydrogen (secondary N) is 1. The molecule has 0 aromatic heterocycles. The van der Waals surface area contributed by atoms with Gasteiger partial charge >= 0.3 is 0 Å². The molecule has 4 heteroatoms. The maximum atomic E-state index is 4.40. The Morgan fingerprint density at radius 3 is 2.70 bits per heavy atom. The highest BCUT2D eigenvalue weighted by molar-refractivity contribution is 5.71. The average molecular weight is 365 g/mol. The fourth-order valence-corrected chi connectivity index (χ4v) is 4.02. The van der Waals surface area contributed by atoms with Crippen LogP contribution in [0.15, 0.2) is 62.1 Å². The van der Waals surface area contributed by atoms with E-state index in [1.54, 1.807) is 0 Å². The van der Waals surface area contributed by atoms with Crippen molar-refractivity contribution in [1.29, 1.82) is 0 Å². The van der Waals surface area contributed by atoms with E-state index in [1.807, 2.05) is 6.20 Å². The van der Waals surface area contributed by atoms with Crippen LogP contribution in [0.4, 0.5) is 0 Å². The van der Waals surface area contributed by atoms with E-state index >= 15 is 0 Å². The van der Waals surface area contributed by atoms with E-state index in [-0.39, 0.29) is 12.2 Å². The van der Waals surface area contributed by atoms with Crippen molar-refractivity contribution in [2.24, 2.45) is 0 Å². The molecule has 1 N–H and O–H groups in total. The summed E-state index contributed by atoms with van der Waals surface area (Å²) in [5.74, 6) is 0. The van der Waals surface area contributed by atoms with Gasteiger partial charge in [-0.25, -0.2) is 0 Å². The van der Waals surface area contributed by atoms with Gasteiger partial charge in [-0.05, 0) is 44.1 Å². The van der Waals surface area contributed by atoms with E-state index in [9.17, 15) is 0 Å². The quantitative estimate of drug-likeness (QED) is 0.767. The van der Waals surface area contributed by atoms with Crippen LogP contribution in [0.1, 0.15) is 36.5 Å².